The summed E-state index contributed by atoms with van der Waals surface area (Å²) in [6.07, 6.45) is 3.37. The van der Waals surface area contributed by atoms with Crippen LogP contribution in [0.25, 0.3) is 0 Å². The van der Waals surface area contributed by atoms with Crippen LogP contribution in [-0.2, 0) is 4.79 Å². The van der Waals surface area contributed by atoms with E-state index in [4.69, 9.17) is 0 Å². The second-order valence-electron chi connectivity index (χ2n) is 5.95. The van der Waals surface area contributed by atoms with Gasteiger partial charge in [0, 0.05) is 19.7 Å². The third kappa shape index (κ3) is 5.98. The molecule has 2 rings (SSSR count). The Morgan fingerprint density at radius 2 is 2.21 bits per heavy atom. The molecule has 0 bridgehead atoms. The third-order valence-electron chi connectivity index (χ3n) is 4.14. The lowest BCUT2D eigenvalue weighted by atomic mass is 9.96. The molecule has 0 saturated carbocycles. The molecule has 24 heavy (non-hydrogen) atoms. The Morgan fingerprint density at radius 1 is 1.46 bits per heavy atom. The van der Waals surface area contributed by atoms with E-state index in [9.17, 15) is 14.9 Å². The first-order chi connectivity index (χ1) is 11.1. The van der Waals surface area contributed by atoms with Crippen molar-refractivity contribution in [3.05, 3.63) is 34.4 Å². The summed E-state index contributed by atoms with van der Waals surface area (Å²) < 4.78 is 0. The molecule has 134 valence electrons. The van der Waals surface area contributed by atoms with Crippen LogP contribution in [0.15, 0.2) is 24.3 Å². The topological polar surface area (TPSA) is 87.5 Å². The highest BCUT2D eigenvalue weighted by Gasteiger charge is 2.18. The Balaban J connectivity index is 0.00000288. The molecule has 1 aromatic carbocycles. The maximum Gasteiger partial charge on any atom is 0.292 e. The van der Waals surface area contributed by atoms with Crippen LogP contribution in [0.2, 0.25) is 0 Å². The standard InChI is InChI=1S/C16H24N4O3.ClH/c1-19(14-6-2-3-7-15(14)20(22)23)12-16(21)18-10-8-13-5-4-9-17-11-13;/h2-3,6-7,13,17H,4-5,8-12H2,1H3,(H,18,21);1H. The molecule has 2 N–H and O–H groups in total. The number of para-hydroxylation sites is 2. The predicted molar refractivity (Wildman–Crippen MR) is 96.8 cm³/mol. The number of anilines is 1. The second kappa shape index (κ2) is 10.1. The molecule has 1 fully saturated rings. The van der Waals surface area contributed by atoms with Gasteiger partial charge in [0.05, 0.1) is 11.5 Å². The van der Waals surface area contributed by atoms with Gasteiger partial charge in [-0.1, -0.05) is 12.1 Å². The molecular formula is C16H25ClN4O3. The first-order valence-electron chi connectivity index (χ1n) is 8.00. The van der Waals surface area contributed by atoms with Crippen LogP contribution in [-0.4, -0.2) is 44.1 Å². The van der Waals surface area contributed by atoms with E-state index in [1.807, 2.05) is 0 Å². The third-order valence-corrected chi connectivity index (χ3v) is 4.14. The van der Waals surface area contributed by atoms with E-state index in [1.165, 1.54) is 18.9 Å². The van der Waals surface area contributed by atoms with Gasteiger partial charge in [0.15, 0.2) is 0 Å². The molecule has 0 aromatic heterocycles. The summed E-state index contributed by atoms with van der Waals surface area (Å²) in [6.45, 7) is 2.86. The molecular weight excluding hydrogens is 332 g/mol. The Kier molecular flexibility index (Phi) is 8.49. The zero-order valence-electron chi connectivity index (χ0n) is 13.9. The van der Waals surface area contributed by atoms with Gasteiger partial charge in [-0.2, -0.15) is 0 Å². The monoisotopic (exact) mass is 356 g/mol. The molecule has 1 aromatic rings. The number of hydrogen-bond acceptors (Lipinski definition) is 5. The summed E-state index contributed by atoms with van der Waals surface area (Å²) in [6, 6.07) is 6.44. The van der Waals surface area contributed by atoms with Crippen LogP contribution in [0, 0.1) is 16.0 Å². The number of nitrogens with zero attached hydrogens (tertiary/aromatic N) is 2. The van der Waals surface area contributed by atoms with Gasteiger partial charge in [-0.3, -0.25) is 14.9 Å². The molecule has 8 heteroatoms. The number of nitro benzene ring substituents is 1. The van der Waals surface area contributed by atoms with E-state index in [1.54, 1.807) is 30.1 Å². The van der Waals surface area contributed by atoms with E-state index in [-0.39, 0.29) is 30.5 Å². The van der Waals surface area contributed by atoms with Crippen LogP contribution in [0.1, 0.15) is 19.3 Å². The Bertz CT molecular complexity index is 550. The number of hydrogen-bond donors (Lipinski definition) is 2. The number of benzene rings is 1. The van der Waals surface area contributed by atoms with Crippen molar-refractivity contribution in [1.82, 2.24) is 10.6 Å². The van der Waals surface area contributed by atoms with Crippen molar-refractivity contribution in [1.29, 1.82) is 0 Å². The maximum atomic E-state index is 12.0. The summed E-state index contributed by atoms with van der Waals surface area (Å²) >= 11 is 0. The van der Waals surface area contributed by atoms with Crippen molar-refractivity contribution in [3.63, 3.8) is 0 Å². The number of likely N-dealkylation sites (N-methyl/N-ethyl adjacent to an activating group) is 1. The van der Waals surface area contributed by atoms with E-state index in [2.05, 4.69) is 10.6 Å². The fourth-order valence-electron chi connectivity index (χ4n) is 2.88. The lowest BCUT2D eigenvalue weighted by molar-refractivity contribution is -0.384. The van der Waals surface area contributed by atoms with Crippen molar-refractivity contribution in [3.8, 4) is 0 Å². The van der Waals surface area contributed by atoms with Crippen molar-refractivity contribution >= 4 is 29.7 Å². The summed E-state index contributed by atoms with van der Waals surface area (Å²) in [5.41, 5.74) is 0.459. The van der Waals surface area contributed by atoms with Gasteiger partial charge in [-0.25, -0.2) is 0 Å². The fraction of sp³-hybridized carbons (Fsp3) is 0.562. The highest BCUT2D eigenvalue weighted by molar-refractivity contribution is 5.85. The number of carbonyl (C=O) groups excluding carboxylic acids is 1. The number of halogens is 1. The quantitative estimate of drug-likeness (QED) is 0.576. The zero-order chi connectivity index (χ0) is 16.7. The molecule has 1 unspecified atom stereocenters. The summed E-state index contributed by atoms with van der Waals surface area (Å²) in [5.74, 6) is 0.506. The first-order valence-corrected chi connectivity index (χ1v) is 8.00. The molecule has 0 radical (unpaired) electrons. The van der Waals surface area contributed by atoms with Gasteiger partial charge >= 0.3 is 0 Å². The molecule has 1 aliphatic heterocycles. The van der Waals surface area contributed by atoms with Gasteiger partial charge < -0.3 is 15.5 Å². The normalized spacial score (nSPS) is 16.8. The summed E-state index contributed by atoms with van der Waals surface area (Å²) in [7, 11) is 1.69. The maximum absolute atomic E-state index is 12.0. The van der Waals surface area contributed by atoms with Gasteiger partial charge in [0.1, 0.15) is 5.69 Å². The number of nitrogens with one attached hydrogen (secondary N) is 2. The molecule has 1 amide bonds. The van der Waals surface area contributed by atoms with Gasteiger partial charge in [0.2, 0.25) is 5.91 Å². The molecule has 0 aliphatic carbocycles. The molecule has 1 heterocycles. The molecule has 7 nitrogen and oxygen atoms in total. The van der Waals surface area contributed by atoms with Crippen LogP contribution >= 0.6 is 12.4 Å². The summed E-state index contributed by atoms with van der Waals surface area (Å²) in [5, 5.41) is 17.3. The van der Waals surface area contributed by atoms with Gasteiger partial charge in [-0.05, 0) is 44.3 Å². The van der Waals surface area contributed by atoms with E-state index < -0.39 is 4.92 Å². The average Bonchev–Trinajstić information content (AvgIpc) is 2.55. The number of rotatable bonds is 7. The zero-order valence-corrected chi connectivity index (χ0v) is 14.7. The first kappa shape index (κ1) is 20.2. The van der Waals surface area contributed by atoms with Crippen molar-refractivity contribution in [2.75, 3.05) is 38.1 Å². The van der Waals surface area contributed by atoms with Crippen LogP contribution < -0.4 is 15.5 Å². The molecule has 1 atom stereocenters. The van der Waals surface area contributed by atoms with E-state index in [0.717, 1.165) is 19.5 Å². The number of nitro groups is 1. The predicted octanol–water partition coefficient (Wildman–Crippen LogP) is 1.96. The average molecular weight is 357 g/mol. The Morgan fingerprint density at radius 3 is 2.88 bits per heavy atom. The van der Waals surface area contributed by atoms with E-state index in [0.29, 0.717) is 18.2 Å². The minimum atomic E-state index is -0.431. The van der Waals surface area contributed by atoms with E-state index >= 15 is 0 Å². The van der Waals surface area contributed by atoms with Crippen LogP contribution in [0.4, 0.5) is 11.4 Å². The smallest absolute Gasteiger partial charge is 0.292 e. The molecule has 1 saturated heterocycles. The second-order valence-corrected chi connectivity index (χ2v) is 5.95. The number of piperidine rings is 1. The van der Waals surface area contributed by atoms with Crippen LogP contribution in [0.3, 0.4) is 0 Å². The Hall–Kier alpha value is -1.86. The lowest BCUT2D eigenvalue weighted by Crippen LogP contribution is -2.37. The largest absolute Gasteiger partial charge is 0.360 e. The van der Waals surface area contributed by atoms with Gasteiger partial charge in [-0.15, -0.1) is 12.4 Å². The summed E-state index contributed by atoms with van der Waals surface area (Å²) in [4.78, 5) is 24.2. The SMILES string of the molecule is CN(CC(=O)NCCC1CCCNC1)c1ccccc1[N+](=O)[O-].Cl. The minimum Gasteiger partial charge on any atom is -0.360 e. The van der Waals surface area contributed by atoms with Crippen molar-refractivity contribution in [2.24, 2.45) is 5.92 Å². The van der Waals surface area contributed by atoms with Crippen molar-refractivity contribution < 1.29 is 9.72 Å². The highest BCUT2D eigenvalue weighted by Crippen LogP contribution is 2.26. The lowest BCUT2D eigenvalue weighted by Gasteiger charge is -2.23. The Labute approximate surface area is 148 Å². The molecule has 1 aliphatic rings. The van der Waals surface area contributed by atoms with Crippen LogP contribution in [0.5, 0.6) is 0 Å². The fourth-order valence-corrected chi connectivity index (χ4v) is 2.88. The number of amides is 1. The van der Waals surface area contributed by atoms with Gasteiger partial charge in [0.25, 0.3) is 5.69 Å². The minimum absolute atomic E-state index is 0. The highest BCUT2D eigenvalue weighted by atomic mass is 35.5. The number of carbonyl (C=O) groups is 1. The van der Waals surface area contributed by atoms with Crippen molar-refractivity contribution in [2.45, 2.75) is 19.3 Å². The molecule has 0 spiro atoms.